The average Bonchev–Trinajstić information content (AvgIpc) is 2.63. The van der Waals surface area contributed by atoms with Crippen molar-refractivity contribution in [3.63, 3.8) is 0 Å². The summed E-state index contributed by atoms with van der Waals surface area (Å²) in [6.07, 6.45) is 3.14. The van der Waals surface area contributed by atoms with Crippen LogP contribution in [0.3, 0.4) is 0 Å². The molecule has 1 atom stereocenters. The second-order valence-corrected chi connectivity index (χ2v) is 6.09. The summed E-state index contributed by atoms with van der Waals surface area (Å²) >= 11 is 5.91. The molecular weight excluding hydrogens is 248 g/mol. The summed E-state index contributed by atoms with van der Waals surface area (Å²) in [7, 11) is 0. The van der Waals surface area contributed by atoms with E-state index in [-0.39, 0.29) is 17.2 Å². The minimum atomic E-state index is 0.0477. The number of hydrogen-bond donors (Lipinski definition) is 2. The first-order valence-corrected chi connectivity index (χ1v) is 6.64. The molecule has 0 aliphatic heterocycles. The van der Waals surface area contributed by atoms with Gasteiger partial charge in [-0.05, 0) is 36.5 Å². The van der Waals surface area contributed by atoms with Gasteiger partial charge in [0, 0.05) is 10.9 Å². The van der Waals surface area contributed by atoms with Crippen molar-refractivity contribution in [1.29, 1.82) is 0 Å². The van der Waals surface area contributed by atoms with Gasteiger partial charge in [-0.25, -0.2) is 0 Å². The van der Waals surface area contributed by atoms with Gasteiger partial charge in [-0.15, -0.1) is 0 Å². The zero-order chi connectivity index (χ0) is 13.3. The Labute approximate surface area is 113 Å². The fraction of sp³-hybridized carbons (Fsp3) is 0.500. The number of halogens is 1. The Morgan fingerprint density at radius 1 is 1.50 bits per heavy atom. The maximum atomic E-state index is 12.3. The molecule has 18 heavy (non-hydrogen) atoms. The quantitative estimate of drug-likeness (QED) is 0.802. The van der Waals surface area contributed by atoms with Gasteiger partial charge in [-0.2, -0.15) is 0 Å². The van der Waals surface area contributed by atoms with Crippen molar-refractivity contribution >= 4 is 28.9 Å². The zero-order valence-corrected chi connectivity index (χ0v) is 11.6. The Morgan fingerprint density at radius 2 is 2.22 bits per heavy atom. The molecule has 0 radical (unpaired) electrons. The summed E-state index contributed by atoms with van der Waals surface area (Å²) < 4.78 is 0. The molecule has 98 valence electrons. The van der Waals surface area contributed by atoms with Crippen LogP contribution in [0.4, 0.5) is 11.4 Å². The highest BCUT2D eigenvalue weighted by molar-refractivity contribution is 6.31. The van der Waals surface area contributed by atoms with E-state index in [0.29, 0.717) is 16.4 Å². The molecule has 0 heterocycles. The molecule has 0 aromatic heterocycles. The Kier molecular flexibility index (Phi) is 3.53. The molecule has 1 aromatic carbocycles. The van der Waals surface area contributed by atoms with Gasteiger partial charge in [-0.3, -0.25) is 4.79 Å². The van der Waals surface area contributed by atoms with Crippen molar-refractivity contribution in [2.75, 3.05) is 11.1 Å². The monoisotopic (exact) mass is 266 g/mol. The van der Waals surface area contributed by atoms with Crippen molar-refractivity contribution in [3.8, 4) is 0 Å². The summed E-state index contributed by atoms with van der Waals surface area (Å²) in [6, 6.07) is 5.11. The van der Waals surface area contributed by atoms with E-state index in [0.717, 1.165) is 19.3 Å². The lowest BCUT2D eigenvalue weighted by Gasteiger charge is -2.26. The van der Waals surface area contributed by atoms with Crippen LogP contribution in [0.5, 0.6) is 0 Å². The van der Waals surface area contributed by atoms with E-state index in [4.69, 9.17) is 17.3 Å². The van der Waals surface area contributed by atoms with Gasteiger partial charge in [0.2, 0.25) is 5.91 Å². The first-order chi connectivity index (χ1) is 8.40. The zero-order valence-electron chi connectivity index (χ0n) is 10.8. The lowest BCUT2D eigenvalue weighted by atomic mass is 9.81. The molecular formula is C14H19ClN2O. The second-order valence-electron chi connectivity index (χ2n) is 5.65. The topological polar surface area (TPSA) is 55.1 Å². The van der Waals surface area contributed by atoms with E-state index in [1.54, 1.807) is 18.2 Å². The van der Waals surface area contributed by atoms with Gasteiger partial charge in [-0.1, -0.05) is 31.9 Å². The minimum absolute atomic E-state index is 0.0477. The highest BCUT2D eigenvalue weighted by Gasteiger charge is 2.39. The van der Waals surface area contributed by atoms with Crippen LogP contribution in [0, 0.1) is 11.3 Å². The first-order valence-electron chi connectivity index (χ1n) is 6.26. The SMILES string of the molecule is CC1(C)CCCC1C(=O)Nc1cc(Cl)ccc1N. The van der Waals surface area contributed by atoms with Crippen LogP contribution in [-0.4, -0.2) is 5.91 Å². The first kappa shape index (κ1) is 13.2. The molecule has 0 spiro atoms. The third-order valence-electron chi connectivity index (χ3n) is 3.85. The molecule has 1 saturated carbocycles. The number of nitrogens with one attached hydrogen (secondary N) is 1. The Bertz CT molecular complexity index is 471. The fourth-order valence-electron chi connectivity index (χ4n) is 2.67. The molecule has 2 rings (SSSR count). The number of carbonyl (C=O) groups is 1. The Balaban J connectivity index is 2.14. The summed E-state index contributed by atoms with van der Waals surface area (Å²) in [5.74, 6) is 0.0994. The molecule has 1 aliphatic rings. The third-order valence-corrected chi connectivity index (χ3v) is 4.08. The molecule has 3 N–H and O–H groups in total. The highest BCUT2D eigenvalue weighted by atomic mass is 35.5. The predicted octanol–water partition coefficient (Wildman–Crippen LogP) is 3.69. The maximum Gasteiger partial charge on any atom is 0.228 e. The molecule has 1 aliphatic carbocycles. The number of anilines is 2. The number of carbonyl (C=O) groups excluding carboxylic acids is 1. The number of benzene rings is 1. The van der Waals surface area contributed by atoms with Crippen molar-refractivity contribution in [2.45, 2.75) is 33.1 Å². The smallest absolute Gasteiger partial charge is 0.228 e. The predicted molar refractivity (Wildman–Crippen MR) is 75.6 cm³/mol. The molecule has 1 unspecified atom stereocenters. The standard InChI is InChI=1S/C14H19ClN2O/c1-14(2)7-3-4-10(14)13(18)17-12-8-9(15)5-6-11(12)16/h5-6,8,10H,3-4,7,16H2,1-2H3,(H,17,18). The molecule has 4 heteroatoms. The van der Waals surface area contributed by atoms with Crippen molar-refractivity contribution in [1.82, 2.24) is 0 Å². The van der Waals surface area contributed by atoms with Crippen LogP contribution >= 0.6 is 11.6 Å². The van der Waals surface area contributed by atoms with Crippen molar-refractivity contribution in [3.05, 3.63) is 23.2 Å². The lowest BCUT2D eigenvalue weighted by molar-refractivity contribution is -0.122. The second kappa shape index (κ2) is 4.81. The Morgan fingerprint density at radius 3 is 2.83 bits per heavy atom. The minimum Gasteiger partial charge on any atom is -0.397 e. The molecule has 1 fully saturated rings. The van der Waals surface area contributed by atoms with Crippen LogP contribution in [-0.2, 0) is 4.79 Å². The van der Waals surface area contributed by atoms with Crippen LogP contribution in [0.25, 0.3) is 0 Å². The van der Waals surface area contributed by atoms with E-state index >= 15 is 0 Å². The van der Waals surface area contributed by atoms with E-state index < -0.39 is 0 Å². The largest absolute Gasteiger partial charge is 0.397 e. The van der Waals surface area contributed by atoms with Gasteiger partial charge in [0.25, 0.3) is 0 Å². The van der Waals surface area contributed by atoms with Crippen LogP contribution < -0.4 is 11.1 Å². The van der Waals surface area contributed by atoms with Gasteiger partial charge >= 0.3 is 0 Å². The van der Waals surface area contributed by atoms with Gasteiger partial charge < -0.3 is 11.1 Å². The fourth-order valence-corrected chi connectivity index (χ4v) is 2.84. The van der Waals surface area contributed by atoms with Gasteiger partial charge in [0.15, 0.2) is 0 Å². The number of amides is 1. The lowest BCUT2D eigenvalue weighted by Crippen LogP contribution is -2.31. The van der Waals surface area contributed by atoms with Crippen molar-refractivity contribution in [2.24, 2.45) is 11.3 Å². The van der Waals surface area contributed by atoms with E-state index in [9.17, 15) is 4.79 Å². The molecule has 3 nitrogen and oxygen atoms in total. The summed E-state index contributed by atoms with van der Waals surface area (Å²) in [5.41, 5.74) is 7.05. The molecule has 1 aromatic rings. The van der Waals surface area contributed by atoms with E-state index in [1.807, 2.05) is 0 Å². The average molecular weight is 267 g/mol. The summed E-state index contributed by atoms with van der Waals surface area (Å²) in [4.78, 5) is 12.3. The van der Waals surface area contributed by atoms with E-state index in [1.165, 1.54) is 0 Å². The molecule has 0 bridgehead atoms. The van der Waals surface area contributed by atoms with Crippen molar-refractivity contribution < 1.29 is 4.79 Å². The molecule has 0 saturated heterocycles. The number of rotatable bonds is 2. The van der Waals surface area contributed by atoms with E-state index in [2.05, 4.69) is 19.2 Å². The maximum absolute atomic E-state index is 12.3. The summed E-state index contributed by atoms with van der Waals surface area (Å²) in [6.45, 7) is 4.29. The number of hydrogen-bond acceptors (Lipinski definition) is 2. The normalized spacial score (nSPS) is 21.8. The Hall–Kier alpha value is -1.22. The summed E-state index contributed by atoms with van der Waals surface area (Å²) in [5, 5.41) is 3.47. The number of nitrogens with two attached hydrogens (primary N) is 1. The van der Waals surface area contributed by atoms with Gasteiger partial charge in [0.1, 0.15) is 0 Å². The third kappa shape index (κ3) is 2.61. The van der Waals surface area contributed by atoms with Crippen LogP contribution in [0.1, 0.15) is 33.1 Å². The number of nitrogen functional groups attached to an aromatic ring is 1. The van der Waals surface area contributed by atoms with Gasteiger partial charge in [0.05, 0.1) is 11.4 Å². The van der Waals surface area contributed by atoms with Crippen LogP contribution in [0.15, 0.2) is 18.2 Å². The van der Waals surface area contributed by atoms with Crippen LogP contribution in [0.2, 0.25) is 5.02 Å². The molecule has 1 amide bonds. The highest BCUT2D eigenvalue weighted by Crippen LogP contribution is 2.43.